The first-order valence-electron chi connectivity index (χ1n) is 6.29. The van der Waals surface area contributed by atoms with E-state index in [0.717, 1.165) is 12.1 Å². The molecule has 8 heteroatoms. The summed E-state index contributed by atoms with van der Waals surface area (Å²) in [6.07, 6.45) is 3.73. The average molecular weight is 315 g/mol. The smallest absolute Gasteiger partial charge is 0.296 e. The first-order chi connectivity index (χ1) is 9.52. The van der Waals surface area contributed by atoms with E-state index in [1.54, 1.807) is 10.8 Å². The molecule has 6 nitrogen and oxygen atoms in total. The molecule has 0 aliphatic carbocycles. The topological polar surface area (TPSA) is 77.7 Å². The Balaban J connectivity index is 2.22. The normalized spacial score (nSPS) is 11.7. The van der Waals surface area contributed by atoms with Crippen molar-refractivity contribution in [3.8, 4) is 0 Å². The molecular weight excluding hydrogens is 300 g/mol. The van der Waals surface area contributed by atoms with Gasteiger partial charge in [0.05, 0.1) is 0 Å². The highest BCUT2D eigenvalue weighted by Crippen LogP contribution is 2.15. The van der Waals surface area contributed by atoms with Gasteiger partial charge in [0.1, 0.15) is 5.82 Å². The van der Waals surface area contributed by atoms with Gasteiger partial charge in [-0.25, -0.2) is 8.42 Å². The fraction of sp³-hybridized carbons (Fsp3) is 0.417. The number of halogens is 1. The molecule has 108 valence electrons. The largest absolute Gasteiger partial charge is 0.301 e. The summed E-state index contributed by atoms with van der Waals surface area (Å²) in [5, 5.41) is 7.45. The molecule has 0 saturated heterocycles. The van der Waals surface area contributed by atoms with Gasteiger partial charge in [-0.05, 0) is 25.0 Å². The quantitative estimate of drug-likeness (QED) is 0.760. The molecule has 0 amide bonds. The second-order valence-corrected chi connectivity index (χ2v) is 6.77. The third-order valence-corrected chi connectivity index (χ3v) is 3.94. The van der Waals surface area contributed by atoms with Crippen LogP contribution in [0.5, 0.6) is 0 Å². The molecule has 2 rings (SSSR count). The number of nitrogens with zero attached hydrogens (tertiary/aromatic N) is 4. The van der Waals surface area contributed by atoms with Gasteiger partial charge in [0.25, 0.3) is 14.2 Å². The zero-order valence-corrected chi connectivity index (χ0v) is 12.6. The number of pyridine rings is 1. The molecule has 0 radical (unpaired) electrons. The van der Waals surface area contributed by atoms with E-state index >= 15 is 0 Å². The number of aromatic nitrogens is 4. The van der Waals surface area contributed by atoms with Crippen LogP contribution >= 0.6 is 10.7 Å². The van der Waals surface area contributed by atoms with Crippen LogP contribution in [-0.2, 0) is 28.4 Å². The lowest BCUT2D eigenvalue weighted by Gasteiger charge is -2.07. The van der Waals surface area contributed by atoms with Crippen LogP contribution in [0.2, 0.25) is 0 Å². The summed E-state index contributed by atoms with van der Waals surface area (Å²) < 4.78 is 24.5. The molecule has 0 fully saturated rings. The summed E-state index contributed by atoms with van der Waals surface area (Å²) in [6, 6.07) is 5.68. The van der Waals surface area contributed by atoms with Crippen molar-refractivity contribution in [2.75, 3.05) is 0 Å². The zero-order chi connectivity index (χ0) is 14.6. The highest BCUT2D eigenvalue weighted by atomic mass is 35.7. The Labute approximate surface area is 122 Å². The third-order valence-electron chi connectivity index (χ3n) is 2.79. The van der Waals surface area contributed by atoms with E-state index in [9.17, 15) is 8.42 Å². The van der Waals surface area contributed by atoms with Crippen LogP contribution < -0.4 is 0 Å². The lowest BCUT2D eigenvalue weighted by atomic mass is 10.2. The summed E-state index contributed by atoms with van der Waals surface area (Å²) in [5.41, 5.74) is 0.925. The van der Waals surface area contributed by atoms with Gasteiger partial charge in [-0.15, -0.1) is 10.2 Å². The highest BCUT2D eigenvalue weighted by molar-refractivity contribution is 8.13. The molecule has 2 heterocycles. The maximum atomic E-state index is 11.4. The molecule has 0 N–H and O–H groups in total. The van der Waals surface area contributed by atoms with Gasteiger partial charge in [0.15, 0.2) is 0 Å². The number of aryl methyl sites for hydroxylation is 2. The summed E-state index contributed by atoms with van der Waals surface area (Å²) >= 11 is 0. The van der Waals surface area contributed by atoms with Crippen molar-refractivity contribution in [1.82, 2.24) is 19.7 Å². The van der Waals surface area contributed by atoms with Crippen LogP contribution in [0.15, 0.2) is 29.6 Å². The maximum Gasteiger partial charge on any atom is 0.296 e. The average Bonchev–Trinajstić information content (AvgIpc) is 2.81. The molecule has 0 aliphatic rings. The van der Waals surface area contributed by atoms with Crippen LogP contribution in [0.1, 0.15) is 24.9 Å². The minimum Gasteiger partial charge on any atom is -0.301 e. The second-order valence-electron chi connectivity index (χ2n) is 4.31. The molecule has 20 heavy (non-hydrogen) atoms. The maximum absolute atomic E-state index is 11.4. The Hall–Kier alpha value is -1.47. The van der Waals surface area contributed by atoms with E-state index in [2.05, 4.69) is 15.2 Å². The first-order valence-corrected chi connectivity index (χ1v) is 8.60. The van der Waals surface area contributed by atoms with Crippen LogP contribution in [0.4, 0.5) is 0 Å². The molecule has 2 aromatic rings. The Morgan fingerprint density at radius 1 is 1.25 bits per heavy atom. The molecule has 0 unspecified atom stereocenters. The van der Waals surface area contributed by atoms with Gasteiger partial charge in [-0.2, -0.15) is 0 Å². The Morgan fingerprint density at radius 3 is 2.65 bits per heavy atom. The summed E-state index contributed by atoms with van der Waals surface area (Å²) in [5.74, 6) is 0.608. The van der Waals surface area contributed by atoms with Gasteiger partial charge in [-0.3, -0.25) is 4.98 Å². The molecule has 0 atom stereocenters. The zero-order valence-electron chi connectivity index (χ0n) is 11.0. The predicted octanol–water partition coefficient (Wildman–Crippen LogP) is 1.80. The van der Waals surface area contributed by atoms with E-state index in [-0.39, 0.29) is 5.16 Å². The van der Waals surface area contributed by atoms with E-state index in [0.29, 0.717) is 25.2 Å². The van der Waals surface area contributed by atoms with Crippen molar-refractivity contribution >= 4 is 19.7 Å². The van der Waals surface area contributed by atoms with E-state index < -0.39 is 9.05 Å². The van der Waals surface area contributed by atoms with Gasteiger partial charge in [0, 0.05) is 35.5 Å². The predicted molar refractivity (Wildman–Crippen MR) is 75.0 cm³/mol. The Morgan fingerprint density at radius 2 is 2.05 bits per heavy atom. The molecule has 0 aromatic carbocycles. The van der Waals surface area contributed by atoms with Crippen molar-refractivity contribution in [3.05, 3.63) is 35.9 Å². The lowest BCUT2D eigenvalue weighted by molar-refractivity contribution is 0.554. The van der Waals surface area contributed by atoms with Gasteiger partial charge < -0.3 is 4.57 Å². The second kappa shape index (κ2) is 6.32. The summed E-state index contributed by atoms with van der Waals surface area (Å²) in [7, 11) is 1.49. The number of hydrogen-bond acceptors (Lipinski definition) is 5. The minimum absolute atomic E-state index is 0.183. The van der Waals surface area contributed by atoms with Crippen LogP contribution in [0.25, 0.3) is 0 Å². The van der Waals surface area contributed by atoms with E-state index in [4.69, 9.17) is 10.7 Å². The SMILES string of the molecule is CCCn1c(CCc2ccccn2)nnc1S(=O)(=O)Cl. The van der Waals surface area contributed by atoms with Gasteiger partial charge in [0.2, 0.25) is 0 Å². The first kappa shape index (κ1) is 14.9. The standard InChI is InChI=1S/C12H15ClN4O2S/c1-2-9-17-11(15-16-12(17)20(13,18)19)7-6-10-5-3-4-8-14-10/h3-5,8H,2,6-7,9H2,1H3. The molecule has 0 aliphatic heterocycles. The van der Waals surface area contributed by atoms with Gasteiger partial charge >= 0.3 is 0 Å². The third kappa shape index (κ3) is 3.55. The van der Waals surface area contributed by atoms with E-state index in [1.165, 1.54) is 0 Å². The Bertz CT molecular complexity index is 670. The molecule has 2 aromatic heterocycles. The Kier molecular flexibility index (Phi) is 4.72. The lowest BCUT2D eigenvalue weighted by Crippen LogP contribution is -2.10. The van der Waals surface area contributed by atoms with Crippen molar-refractivity contribution in [2.24, 2.45) is 0 Å². The fourth-order valence-electron chi connectivity index (χ4n) is 1.92. The fourth-order valence-corrected chi connectivity index (χ4v) is 2.86. The summed E-state index contributed by atoms with van der Waals surface area (Å²) in [6.45, 7) is 2.47. The van der Waals surface area contributed by atoms with Crippen molar-refractivity contribution < 1.29 is 8.42 Å². The van der Waals surface area contributed by atoms with Crippen LogP contribution in [0, 0.1) is 0 Å². The van der Waals surface area contributed by atoms with Crippen molar-refractivity contribution in [1.29, 1.82) is 0 Å². The van der Waals surface area contributed by atoms with E-state index in [1.807, 2.05) is 25.1 Å². The van der Waals surface area contributed by atoms with Crippen LogP contribution in [-0.4, -0.2) is 28.2 Å². The molecule has 0 saturated carbocycles. The summed E-state index contributed by atoms with van der Waals surface area (Å²) in [4.78, 5) is 4.22. The molecule has 0 spiro atoms. The van der Waals surface area contributed by atoms with Crippen molar-refractivity contribution in [2.45, 2.75) is 37.9 Å². The van der Waals surface area contributed by atoms with Crippen molar-refractivity contribution in [3.63, 3.8) is 0 Å². The molecular formula is C12H15ClN4O2S. The number of rotatable bonds is 6. The minimum atomic E-state index is -3.87. The van der Waals surface area contributed by atoms with Gasteiger partial charge in [-0.1, -0.05) is 13.0 Å². The molecule has 0 bridgehead atoms. The highest BCUT2D eigenvalue weighted by Gasteiger charge is 2.21. The monoisotopic (exact) mass is 314 g/mol. The van der Waals surface area contributed by atoms with Crippen LogP contribution in [0.3, 0.4) is 0 Å². The number of hydrogen-bond donors (Lipinski definition) is 0.